The molecule has 0 aromatic carbocycles. The molecule has 0 rings (SSSR count). The van der Waals surface area contributed by atoms with Gasteiger partial charge in [0, 0.05) is 7.05 Å². The molecule has 0 saturated carbocycles. The number of carbonyl (C=O) groups is 1. The van der Waals surface area contributed by atoms with Crippen molar-refractivity contribution in [3.05, 3.63) is 0 Å². The first-order chi connectivity index (χ1) is 5.04. The fraction of sp³-hybridized carbons (Fsp3) is 0.857. The van der Waals surface area contributed by atoms with E-state index in [0.29, 0.717) is 6.42 Å². The molecule has 0 fully saturated rings. The van der Waals surface area contributed by atoms with Crippen LogP contribution in [0.2, 0.25) is 0 Å². The smallest absolute Gasteiger partial charge is 0.256 e. The first-order valence-corrected chi connectivity index (χ1v) is 4.40. The summed E-state index contributed by atoms with van der Waals surface area (Å²) in [6.07, 6.45) is 2.35. The van der Waals surface area contributed by atoms with Gasteiger partial charge in [-0.15, -0.1) is 0 Å². The van der Waals surface area contributed by atoms with Gasteiger partial charge in [-0.25, -0.2) is 0 Å². The summed E-state index contributed by atoms with van der Waals surface area (Å²) in [5.74, 6) is -0.325. The molecule has 0 aliphatic rings. The van der Waals surface area contributed by atoms with Crippen molar-refractivity contribution in [1.29, 1.82) is 0 Å². The van der Waals surface area contributed by atoms with E-state index in [2.05, 4.69) is 5.32 Å². The molecule has 66 valence electrons. The minimum atomic E-state index is -1.25. The van der Waals surface area contributed by atoms with Gasteiger partial charge in [0.05, 0.1) is 0 Å². The van der Waals surface area contributed by atoms with Gasteiger partial charge in [-0.1, -0.05) is 43.0 Å². The Hall–Kier alpha value is 0.0500. The molecule has 1 amide bonds. The lowest BCUT2D eigenvalue weighted by Crippen LogP contribution is -2.35. The molecule has 0 spiro atoms. The third kappa shape index (κ3) is 3.82. The quantitative estimate of drug-likeness (QED) is 0.688. The van der Waals surface area contributed by atoms with Crippen LogP contribution >= 0.6 is 23.2 Å². The molecule has 11 heavy (non-hydrogen) atoms. The molecule has 0 aliphatic heterocycles. The predicted octanol–water partition coefficient (Wildman–Crippen LogP) is 2.10. The van der Waals surface area contributed by atoms with Gasteiger partial charge in [-0.3, -0.25) is 4.79 Å². The molecule has 0 aliphatic carbocycles. The molecule has 4 heteroatoms. The molecule has 2 nitrogen and oxygen atoms in total. The Morgan fingerprint density at radius 3 is 2.45 bits per heavy atom. The summed E-state index contributed by atoms with van der Waals surface area (Å²) >= 11 is 11.4. The number of halogens is 2. The second-order valence-corrected chi connectivity index (χ2v) is 3.87. The van der Waals surface area contributed by atoms with E-state index in [-0.39, 0.29) is 5.91 Å². The minimum absolute atomic E-state index is 0.325. The maximum atomic E-state index is 11.0. The highest BCUT2D eigenvalue weighted by Crippen LogP contribution is 2.27. The van der Waals surface area contributed by atoms with Crippen LogP contribution in [0, 0.1) is 0 Å². The van der Waals surface area contributed by atoms with Crippen LogP contribution in [0.4, 0.5) is 0 Å². The van der Waals surface area contributed by atoms with Crippen molar-refractivity contribution in [3.8, 4) is 0 Å². The second kappa shape index (κ2) is 4.83. The van der Waals surface area contributed by atoms with Gasteiger partial charge in [0.25, 0.3) is 5.91 Å². The fourth-order valence-electron chi connectivity index (χ4n) is 0.695. The van der Waals surface area contributed by atoms with Crippen molar-refractivity contribution >= 4 is 29.1 Å². The number of unbranched alkanes of at least 4 members (excludes halogenated alkanes) is 1. The summed E-state index contributed by atoms with van der Waals surface area (Å²) < 4.78 is -1.25. The summed E-state index contributed by atoms with van der Waals surface area (Å²) in [5, 5.41) is 2.41. The van der Waals surface area contributed by atoms with Crippen LogP contribution in [0.25, 0.3) is 0 Å². The monoisotopic (exact) mass is 197 g/mol. The Bertz CT molecular complexity index is 136. The van der Waals surface area contributed by atoms with Crippen molar-refractivity contribution in [1.82, 2.24) is 5.32 Å². The maximum absolute atomic E-state index is 11.0. The Morgan fingerprint density at radius 2 is 2.09 bits per heavy atom. The van der Waals surface area contributed by atoms with E-state index in [1.165, 1.54) is 7.05 Å². The van der Waals surface area contributed by atoms with Crippen LogP contribution in [-0.4, -0.2) is 17.3 Å². The SMILES string of the molecule is CCCCC(Cl)(Cl)C(=O)NC. The highest BCUT2D eigenvalue weighted by atomic mass is 35.5. The van der Waals surface area contributed by atoms with Gasteiger partial charge >= 0.3 is 0 Å². The third-order valence-corrected chi connectivity index (χ3v) is 2.12. The Kier molecular flexibility index (Phi) is 4.86. The fourth-order valence-corrected chi connectivity index (χ4v) is 1.15. The Labute approximate surface area is 77.2 Å². The second-order valence-electron chi connectivity index (χ2n) is 2.39. The standard InChI is InChI=1S/C7H13Cl2NO/c1-3-4-5-7(8,9)6(11)10-2/h3-5H2,1-2H3,(H,10,11). The number of amides is 1. The van der Waals surface area contributed by atoms with E-state index in [1.54, 1.807) is 0 Å². The van der Waals surface area contributed by atoms with Crippen LogP contribution in [0.5, 0.6) is 0 Å². The van der Waals surface area contributed by atoms with Gasteiger partial charge in [0.2, 0.25) is 0 Å². The molecule has 0 radical (unpaired) electrons. The number of nitrogens with one attached hydrogen (secondary N) is 1. The average molecular weight is 198 g/mol. The molecule has 0 atom stereocenters. The normalized spacial score (nSPS) is 11.3. The van der Waals surface area contributed by atoms with Crippen LogP contribution in [-0.2, 0) is 4.79 Å². The number of carbonyl (C=O) groups excluding carboxylic acids is 1. The zero-order valence-electron chi connectivity index (χ0n) is 6.79. The van der Waals surface area contributed by atoms with Gasteiger partial charge in [-0.05, 0) is 6.42 Å². The highest BCUT2D eigenvalue weighted by Gasteiger charge is 2.31. The van der Waals surface area contributed by atoms with Crippen molar-refractivity contribution in [2.45, 2.75) is 30.5 Å². The summed E-state index contributed by atoms with van der Waals surface area (Å²) in [6, 6.07) is 0. The van der Waals surface area contributed by atoms with Gasteiger partial charge in [0.1, 0.15) is 0 Å². The van der Waals surface area contributed by atoms with Crippen molar-refractivity contribution < 1.29 is 4.79 Å². The van der Waals surface area contributed by atoms with Crippen LogP contribution in [0.15, 0.2) is 0 Å². The lowest BCUT2D eigenvalue weighted by atomic mass is 10.2. The minimum Gasteiger partial charge on any atom is -0.357 e. The van der Waals surface area contributed by atoms with Crippen molar-refractivity contribution in [2.24, 2.45) is 0 Å². The van der Waals surface area contributed by atoms with Gasteiger partial charge < -0.3 is 5.32 Å². The van der Waals surface area contributed by atoms with Gasteiger partial charge in [0.15, 0.2) is 4.33 Å². The molecule has 0 aromatic rings. The maximum Gasteiger partial charge on any atom is 0.256 e. The summed E-state index contributed by atoms with van der Waals surface area (Å²) in [4.78, 5) is 11.0. The van der Waals surface area contributed by atoms with Crippen molar-refractivity contribution in [3.63, 3.8) is 0 Å². The molecular weight excluding hydrogens is 185 g/mol. The largest absolute Gasteiger partial charge is 0.357 e. The number of hydrogen-bond donors (Lipinski definition) is 1. The number of rotatable bonds is 4. The summed E-state index contributed by atoms with van der Waals surface area (Å²) in [5.41, 5.74) is 0. The first-order valence-electron chi connectivity index (χ1n) is 3.64. The van der Waals surface area contributed by atoms with E-state index in [0.717, 1.165) is 12.8 Å². The number of hydrogen-bond acceptors (Lipinski definition) is 1. The highest BCUT2D eigenvalue weighted by molar-refractivity contribution is 6.58. The van der Waals surface area contributed by atoms with Crippen LogP contribution < -0.4 is 5.32 Å². The Balaban J connectivity index is 3.88. The lowest BCUT2D eigenvalue weighted by molar-refractivity contribution is -0.121. The lowest BCUT2D eigenvalue weighted by Gasteiger charge is -2.16. The molecule has 0 saturated heterocycles. The zero-order valence-corrected chi connectivity index (χ0v) is 8.30. The average Bonchev–Trinajstić information content (AvgIpc) is 1.99. The number of alkyl halides is 2. The molecule has 0 heterocycles. The summed E-state index contributed by atoms with van der Waals surface area (Å²) in [6.45, 7) is 2.02. The van der Waals surface area contributed by atoms with Crippen LogP contribution in [0.3, 0.4) is 0 Å². The van der Waals surface area contributed by atoms with E-state index in [9.17, 15) is 4.79 Å². The zero-order chi connectivity index (χ0) is 8.91. The third-order valence-electron chi connectivity index (χ3n) is 1.40. The van der Waals surface area contributed by atoms with E-state index >= 15 is 0 Å². The van der Waals surface area contributed by atoms with Gasteiger partial charge in [-0.2, -0.15) is 0 Å². The van der Waals surface area contributed by atoms with E-state index < -0.39 is 4.33 Å². The summed E-state index contributed by atoms with van der Waals surface area (Å²) in [7, 11) is 1.52. The Morgan fingerprint density at radius 1 is 1.55 bits per heavy atom. The van der Waals surface area contributed by atoms with E-state index in [4.69, 9.17) is 23.2 Å². The molecule has 0 aromatic heterocycles. The first kappa shape index (κ1) is 11.1. The molecule has 1 N–H and O–H groups in total. The predicted molar refractivity (Wildman–Crippen MR) is 48.0 cm³/mol. The van der Waals surface area contributed by atoms with E-state index in [1.807, 2.05) is 6.92 Å². The molecule has 0 bridgehead atoms. The molecular formula is C7H13Cl2NO. The molecule has 0 unspecified atom stereocenters. The topological polar surface area (TPSA) is 29.1 Å². The van der Waals surface area contributed by atoms with Crippen molar-refractivity contribution in [2.75, 3.05) is 7.05 Å². The van der Waals surface area contributed by atoms with Crippen LogP contribution in [0.1, 0.15) is 26.2 Å².